The van der Waals surface area contributed by atoms with Crippen molar-refractivity contribution in [2.45, 2.75) is 78.0 Å². The van der Waals surface area contributed by atoms with E-state index in [1.807, 2.05) is 20.8 Å². The maximum absolute atomic E-state index is 5.75. The van der Waals surface area contributed by atoms with Crippen molar-refractivity contribution in [2.75, 3.05) is 6.61 Å². The molecule has 3 rings (SSSR count). The molecule has 3 nitrogen and oxygen atoms in total. The maximum atomic E-state index is 5.75. The van der Waals surface area contributed by atoms with Gasteiger partial charge in [-0.2, -0.15) is 0 Å². The van der Waals surface area contributed by atoms with Crippen LogP contribution in [0.4, 0.5) is 0 Å². The van der Waals surface area contributed by atoms with Gasteiger partial charge in [0.15, 0.2) is 0 Å². The molecule has 134 valence electrons. The summed E-state index contributed by atoms with van der Waals surface area (Å²) in [6, 6.07) is 9.99. The minimum atomic E-state index is 0.119. The Balaban J connectivity index is 0.00000100. The van der Waals surface area contributed by atoms with Gasteiger partial charge in [-0.25, -0.2) is 9.78 Å². The van der Waals surface area contributed by atoms with Crippen molar-refractivity contribution in [1.29, 1.82) is 0 Å². The topological polar surface area (TPSA) is 30.5 Å². The van der Waals surface area contributed by atoms with Crippen LogP contribution in [0.1, 0.15) is 70.9 Å². The first-order valence-corrected chi connectivity index (χ1v) is 9.46. The molecule has 2 saturated heterocycles. The van der Waals surface area contributed by atoms with Crippen molar-refractivity contribution >= 4 is 6.08 Å². The minimum absolute atomic E-state index is 0.119. The lowest BCUT2D eigenvalue weighted by atomic mass is 9.83. The zero-order chi connectivity index (χ0) is 17.5. The largest absolute Gasteiger partial charge is 0.308 e. The van der Waals surface area contributed by atoms with E-state index in [1.165, 1.54) is 29.5 Å². The molecule has 2 bridgehead atoms. The average molecular weight is 332 g/mol. The smallest absolute Gasteiger partial charge is 0.115 e. The number of hydrogen-bond donors (Lipinski definition) is 1. The molecule has 2 heterocycles. The van der Waals surface area contributed by atoms with Crippen LogP contribution in [-0.2, 0) is 9.78 Å². The summed E-state index contributed by atoms with van der Waals surface area (Å²) in [5.41, 5.74) is 3.96. The third-order valence-corrected chi connectivity index (χ3v) is 4.72. The highest BCUT2D eigenvalue weighted by Crippen LogP contribution is 2.39. The molecular formula is C21H33NO2. The average Bonchev–Trinajstić information content (AvgIpc) is 2.98. The Labute approximate surface area is 147 Å². The Morgan fingerprint density at radius 3 is 2.50 bits per heavy atom. The predicted octanol–water partition coefficient (Wildman–Crippen LogP) is 5.08. The van der Waals surface area contributed by atoms with E-state index in [9.17, 15) is 0 Å². The van der Waals surface area contributed by atoms with E-state index in [0.717, 1.165) is 6.42 Å². The van der Waals surface area contributed by atoms with E-state index in [1.54, 1.807) is 0 Å². The number of rotatable bonds is 5. The molecule has 0 saturated carbocycles. The first kappa shape index (κ1) is 19.2. The van der Waals surface area contributed by atoms with Gasteiger partial charge in [0.25, 0.3) is 0 Å². The Bertz CT molecular complexity index is 519. The van der Waals surface area contributed by atoms with Crippen LogP contribution in [0.5, 0.6) is 0 Å². The highest BCUT2D eigenvalue weighted by molar-refractivity contribution is 5.52. The highest BCUT2D eigenvalue weighted by Gasteiger charge is 2.43. The quantitative estimate of drug-likeness (QED) is 0.603. The summed E-state index contributed by atoms with van der Waals surface area (Å²) in [6.45, 7) is 10.8. The zero-order valence-electron chi connectivity index (χ0n) is 15.8. The van der Waals surface area contributed by atoms with Crippen LogP contribution in [0.25, 0.3) is 6.08 Å². The van der Waals surface area contributed by atoms with Crippen molar-refractivity contribution in [3.63, 3.8) is 0 Å². The van der Waals surface area contributed by atoms with Crippen LogP contribution in [0.3, 0.4) is 0 Å². The third kappa shape index (κ3) is 4.69. The van der Waals surface area contributed by atoms with E-state index < -0.39 is 0 Å². The highest BCUT2D eigenvalue weighted by atomic mass is 17.2. The predicted molar refractivity (Wildman–Crippen MR) is 101 cm³/mol. The molecule has 1 aromatic carbocycles. The number of allylic oxidation sites excluding steroid dienone is 1. The van der Waals surface area contributed by atoms with Crippen LogP contribution in [0, 0.1) is 0 Å². The summed E-state index contributed by atoms with van der Waals surface area (Å²) in [6.07, 6.45) is 5.91. The Morgan fingerprint density at radius 2 is 1.88 bits per heavy atom. The van der Waals surface area contributed by atoms with E-state index in [2.05, 4.69) is 49.5 Å². The molecule has 0 aliphatic carbocycles. The fraction of sp³-hybridized carbons (Fsp3) is 0.619. The van der Waals surface area contributed by atoms with Crippen LogP contribution >= 0.6 is 0 Å². The number of benzene rings is 1. The molecule has 0 radical (unpaired) electrons. The first-order chi connectivity index (χ1) is 11.7. The molecule has 2 aliphatic heterocycles. The number of nitrogens with one attached hydrogen (secondary N) is 1. The molecule has 0 amide bonds. The molecule has 4 unspecified atom stereocenters. The van der Waals surface area contributed by atoms with Crippen molar-refractivity contribution in [3.8, 4) is 0 Å². The molecule has 4 atom stereocenters. The van der Waals surface area contributed by atoms with Crippen molar-refractivity contribution in [2.24, 2.45) is 0 Å². The van der Waals surface area contributed by atoms with Gasteiger partial charge in [-0.3, -0.25) is 0 Å². The Kier molecular flexibility index (Phi) is 7.47. The monoisotopic (exact) mass is 331 g/mol. The van der Waals surface area contributed by atoms with E-state index >= 15 is 0 Å². The Morgan fingerprint density at radius 1 is 1.17 bits per heavy atom. The summed E-state index contributed by atoms with van der Waals surface area (Å²) in [5, 5.41) is 3.67. The van der Waals surface area contributed by atoms with Crippen LogP contribution < -0.4 is 5.32 Å². The third-order valence-electron chi connectivity index (χ3n) is 4.72. The minimum Gasteiger partial charge on any atom is -0.308 e. The second kappa shape index (κ2) is 9.36. The standard InChI is InChI=1S/C19H27NO2.C2H6/c1-4-21-22-19-17(12-16-9-10-18(19)20-16)15-7-5-14(6-8-15)11-13(2)3;1-2/h5-8,11,16-20H,4,9-10,12H2,1-3H3;1-2H3. The van der Waals surface area contributed by atoms with Gasteiger partial charge in [0, 0.05) is 18.0 Å². The fourth-order valence-corrected chi connectivity index (χ4v) is 3.80. The number of hydrogen-bond acceptors (Lipinski definition) is 3. The Hall–Kier alpha value is -1.16. The summed E-state index contributed by atoms with van der Waals surface area (Å²) in [4.78, 5) is 11.1. The lowest BCUT2D eigenvalue weighted by Crippen LogP contribution is -2.49. The van der Waals surface area contributed by atoms with Gasteiger partial charge < -0.3 is 5.32 Å². The molecule has 1 aromatic rings. The first-order valence-electron chi connectivity index (χ1n) is 9.46. The van der Waals surface area contributed by atoms with Gasteiger partial charge >= 0.3 is 0 Å². The van der Waals surface area contributed by atoms with Gasteiger partial charge in [0.2, 0.25) is 0 Å². The molecule has 0 spiro atoms. The summed E-state index contributed by atoms with van der Waals surface area (Å²) in [5.74, 6) is 0.422. The molecule has 2 aliphatic rings. The number of fused-ring (bicyclic) bond motifs is 2. The van der Waals surface area contributed by atoms with Crippen molar-refractivity contribution in [1.82, 2.24) is 5.32 Å². The molecule has 0 aromatic heterocycles. The van der Waals surface area contributed by atoms with Gasteiger partial charge in [-0.05, 0) is 51.2 Å². The van der Waals surface area contributed by atoms with Crippen molar-refractivity contribution < 1.29 is 9.78 Å². The lowest BCUT2D eigenvalue weighted by Gasteiger charge is -2.36. The van der Waals surface area contributed by atoms with Gasteiger partial charge in [0.1, 0.15) is 6.10 Å². The second-order valence-electron chi connectivity index (χ2n) is 6.75. The van der Waals surface area contributed by atoms with Crippen LogP contribution in [0.15, 0.2) is 29.8 Å². The summed E-state index contributed by atoms with van der Waals surface area (Å²) >= 11 is 0. The summed E-state index contributed by atoms with van der Waals surface area (Å²) in [7, 11) is 0. The van der Waals surface area contributed by atoms with E-state index in [-0.39, 0.29) is 6.10 Å². The molecule has 3 heteroatoms. The SMILES string of the molecule is CC.CCOOC1C2CCC(CC1c1ccc(C=C(C)C)cc1)N2. The van der Waals surface area contributed by atoms with Gasteiger partial charge in [-0.1, -0.05) is 49.8 Å². The lowest BCUT2D eigenvalue weighted by molar-refractivity contribution is -0.332. The molecule has 2 fully saturated rings. The van der Waals surface area contributed by atoms with Crippen LogP contribution in [0.2, 0.25) is 0 Å². The van der Waals surface area contributed by atoms with Crippen molar-refractivity contribution in [3.05, 3.63) is 41.0 Å². The number of piperidine rings is 1. The normalized spacial score (nSPS) is 28.0. The zero-order valence-corrected chi connectivity index (χ0v) is 15.8. The van der Waals surface area contributed by atoms with E-state index in [4.69, 9.17) is 9.78 Å². The second-order valence-corrected chi connectivity index (χ2v) is 6.75. The van der Waals surface area contributed by atoms with Gasteiger partial charge in [0.05, 0.1) is 6.61 Å². The van der Waals surface area contributed by atoms with E-state index in [0.29, 0.717) is 24.6 Å². The van der Waals surface area contributed by atoms with Gasteiger partial charge in [-0.15, -0.1) is 0 Å². The molecule has 1 N–H and O–H groups in total. The molecule has 24 heavy (non-hydrogen) atoms. The fourth-order valence-electron chi connectivity index (χ4n) is 3.80. The maximum Gasteiger partial charge on any atom is 0.115 e. The summed E-state index contributed by atoms with van der Waals surface area (Å²) < 4.78 is 0. The van der Waals surface area contributed by atoms with Crippen LogP contribution in [-0.4, -0.2) is 24.8 Å². The molecular weight excluding hydrogens is 298 g/mol.